The maximum Gasteiger partial charge on any atom is 0.313 e. The van der Waals surface area contributed by atoms with Crippen LogP contribution in [0.2, 0.25) is 0 Å². The van der Waals surface area contributed by atoms with Gasteiger partial charge in [-0.1, -0.05) is 23.9 Å². The lowest BCUT2D eigenvalue weighted by Crippen LogP contribution is -1.97. The molecule has 0 fully saturated rings. The van der Waals surface area contributed by atoms with Crippen LogP contribution in [0.25, 0.3) is 11.4 Å². The number of carboxylic acid groups (broad SMARTS) is 1. The molecule has 0 aliphatic heterocycles. The number of nitrogens with one attached hydrogen (secondary N) is 1. The SMILES string of the molecule is Cc1ccc(-c2nc(SCC(=O)O)n[nH]2)cc1[N+](C)=O. The maximum atomic E-state index is 11.4. The smallest absolute Gasteiger partial charge is 0.313 e. The zero-order chi connectivity index (χ0) is 14.7. The second kappa shape index (κ2) is 5.83. The highest BCUT2D eigenvalue weighted by molar-refractivity contribution is 7.99. The molecule has 0 saturated carbocycles. The molecule has 104 valence electrons. The van der Waals surface area contributed by atoms with Gasteiger partial charge in [-0.25, -0.2) is 4.98 Å². The fourth-order valence-corrected chi connectivity index (χ4v) is 2.18. The van der Waals surface area contributed by atoms with Crippen LogP contribution in [0.15, 0.2) is 23.4 Å². The highest BCUT2D eigenvalue weighted by Gasteiger charge is 2.15. The number of carboxylic acids is 1. The summed E-state index contributed by atoms with van der Waals surface area (Å²) in [6.07, 6.45) is 0. The summed E-state index contributed by atoms with van der Waals surface area (Å²) in [7, 11) is 1.43. The predicted molar refractivity (Wildman–Crippen MR) is 74.1 cm³/mol. The molecule has 1 aromatic heterocycles. The van der Waals surface area contributed by atoms with Crippen LogP contribution in [0.5, 0.6) is 0 Å². The minimum Gasteiger partial charge on any atom is -0.481 e. The zero-order valence-electron chi connectivity index (χ0n) is 11.0. The van der Waals surface area contributed by atoms with Crippen molar-refractivity contribution in [2.75, 3.05) is 12.8 Å². The third-order valence-corrected chi connectivity index (χ3v) is 3.44. The Balaban J connectivity index is 2.26. The molecule has 0 aliphatic rings. The number of hydrogen-bond donors (Lipinski definition) is 2. The van der Waals surface area contributed by atoms with Gasteiger partial charge in [-0.2, -0.15) is 0 Å². The second-order valence-corrected chi connectivity index (χ2v) is 5.09. The van der Waals surface area contributed by atoms with Gasteiger partial charge < -0.3 is 5.11 Å². The quantitative estimate of drug-likeness (QED) is 0.646. The Morgan fingerprint density at radius 1 is 1.50 bits per heavy atom. The Bertz CT molecular complexity index is 668. The van der Waals surface area contributed by atoms with Crippen LogP contribution in [-0.2, 0) is 4.79 Å². The molecular formula is C12H13N4O3S+. The summed E-state index contributed by atoms with van der Waals surface area (Å²) >= 11 is 1.03. The van der Waals surface area contributed by atoms with E-state index in [-0.39, 0.29) is 5.75 Å². The summed E-state index contributed by atoms with van der Waals surface area (Å²) in [5.74, 6) is -0.521. The van der Waals surface area contributed by atoms with Gasteiger partial charge in [-0.05, 0) is 6.92 Å². The number of hydrogen-bond acceptors (Lipinski definition) is 5. The number of nitroso groups, excluding NO2 is 1. The number of nitrogens with zero attached hydrogens (tertiary/aromatic N) is 3. The molecule has 1 aromatic carbocycles. The number of H-pyrrole nitrogens is 1. The van der Waals surface area contributed by atoms with Gasteiger partial charge >= 0.3 is 5.97 Å². The first kappa shape index (κ1) is 14.2. The van der Waals surface area contributed by atoms with Gasteiger partial charge in [0.25, 0.3) is 5.69 Å². The molecular weight excluding hydrogens is 280 g/mol. The van der Waals surface area contributed by atoms with E-state index in [2.05, 4.69) is 15.2 Å². The molecule has 0 aliphatic carbocycles. The van der Waals surface area contributed by atoms with E-state index in [1.54, 1.807) is 6.07 Å². The average Bonchev–Trinajstić information content (AvgIpc) is 2.85. The third kappa shape index (κ3) is 3.21. The van der Waals surface area contributed by atoms with Gasteiger partial charge in [0.2, 0.25) is 5.16 Å². The molecule has 2 aromatic rings. The van der Waals surface area contributed by atoms with Gasteiger partial charge in [0.15, 0.2) is 12.9 Å². The van der Waals surface area contributed by atoms with Crippen LogP contribution in [0, 0.1) is 11.8 Å². The van der Waals surface area contributed by atoms with Gasteiger partial charge in [0.05, 0.1) is 5.75 Å². The molecule has 0 amide bonds. The van der Waals surface area contributed by atoms with Crippen molar-refractivity contribution >= 4 is 23.4 Å². The number of aliphatic carboxylic acids is 1. The van der Waals surface area contributed by atoms with Crippen molar-refractivity contribution in [2.24, 2.45) is 0 Å². The lowest BCUT2D eigenvalue weighted by molar-refractivity contribution is -0.428. The van der Waals surface area contributed by atoms with E-state index in [1.165, 1.54) is 7.05 Å². The molecule has 0 saturated heterocycles. The van der Waals surface area contributed by atoms with Crippen molar-refractivity contribution in [2.45, 2.75) is 12.1 Å². The van der Waals surface area contributed by atoms with Crippen LogP contribution in [0.3, 0.4) is 0 Å². The minimum atomic E-state index is -0.924. The molecule has 0 bridgehead atoms. The summed E-state index contributed by atoms with van der Waals surface area (Å²) in [6.45, 7) is 1.85. The summed E-state index contributed by atoms with van der Waals surface area (Å²) in [4.78, 5) is 26.1. The van der Waals surface area contributed by atoms with Gasteiger partial charge in [-0.15, -0.1) is 5.10 Å². The van der Waals surface area contributed by atoms with Crippen LogP contribution in [0.1, 0.15) is 5.56 Å². The van der Waals surface area contributed by atoms with E-state index in [0.29, 0.717) is 16.7 Å². The van der Waals surface area contributed by atoms with Crippen LogP contribution in [0.4, 0.5) is 5.69 Å². The van der Waals surface area contributed by atoms with Crippen molar-refractivity contribution < 1.29 is 14.7 Å². The molecule has 8 heteroatoms. The minimum absolute atomic E-state index is 0.0975. The van der Waals surface area contributed by atoms with E-state index >= 15 is 0 Å². The number of rotatable bonds is 5. The lowest BCUT2D eigenvalue weighted by atomic mass is 10.1. The Kier molecular flexibility index (Phi) is 4.14. The lowest BCUT2D eigenvalue weighted by Gasteiger charge is -1.98. The van der Waals surface area contributed by atoms with Gasteiger partial charge in [0.1, 0.15) is 0 Å². The largest absolute Gasteiger partial charge is 0.481 e. The Morgan fingerprint density at radius 2 is 2.25 bits per heavy atom. The molecule has 0 atom stereocenters. The average molecular weight is 293 g/mol. The van der Waals surface area contributed by atoms with Crippen molar-refractivity contribution in [3.05, 3.63) is 28.7 Å². The number of benzene rings is 1. The van der Waals surface area contributed by atoms with Gasteiger partial charge in [-0.3, -0.25) is 9.89 Å². The Morgan fingerprint density at radius 3 is 2.90 bits per heavy atom. The van der Waals surface area contributed by atoms with Crippen molar-refractivity contribution in [1.82, 2.24) is 15.2 Å². The molecule has 1 heterocycles. The third-order valence-electron chi connectivity index (χ3n) is 2.61. The molecule has 0 radical (unpaired) electrons. The number of thioether (sulfide) groups is 1. The molecule has 2 N–H and O–H groups in total. The first-order valence-corrected chi connectivity index (χ1v) is 6.75. The highest BCUT2D eigenvalue weighted by Crippen LogP contribution is 2.25. The van der Waals surface area contributed by atoms with E-state index < -0.39 is 5.97 Å². The topological polar surface area (TPSA) is 99.0 Å². The van der Waals surface area contributed by atoms with Crippen LogP contribution in [-0.4, -0.2) is 43.8 Å². The number of aryl methyl sites for hydroxylation is 1. The van der Waals surface area contributed by atoms with E-state index in [1.807, 2.05) is 19.1 Å². The highest BCUT2D eigenvalue weighted by atomic mass is 32.2. The summed E-state index contributed by atoms with van der Waals surface area (Å²) in [5.41, 5.74) is 2.15. The molecule has 0 unspecified atom stereocenters. The molecule has 2 rings (SSSR count). The zero-order valence-corrected chi connectivity index (χ0v) is 11.8. The molecule has 20 heavy (non-hydrogen) atoms. The van der Waals surface area contributed by atoms with Crippen LogP contribution < -0.4 is 0 Å². The molecule has 7 nitrogen and oxygen atoms in total. The summed E-state index contributed by atoms with van der Waals surface area (Å²) in [5, 5.41) is 15.6. The number of carbonyl (C=O) groups is 1. The predicted octanol–water partition coefficient (Wildman–Crippen LogP) is 2.00. The van der Waals surface area contributed by atoms with Crippen molar-refractivity contribution in [1.29, 1.82) is 0 Å². The normalized spacial score (nSPS) is 10.5. The monoisotopic (exact) mass is 293 g/mol. The fourth-order valence-electron chi connectivity index (χ4n) is 1.66. The van der Waals surface area contributed by atoms with E-state index in [0.717, 1.165) is 27.6 Å². The Labute approximate surface area is 119 Å². The summed E-state index contributed by atoms with van der Waals surface area (Å²) < 4.78 is 0.787. The van der Waals surface area contributed by atoms with Crippen molar-refractivity contribution in [3.63, 3.8) is 0 Å². The second-order valence-electron chi connectivity index (χ2n) is 4.15. The van der Waals surface area contributed by atoms with Gasteiger partial charge in [0, 0.05) is 26.9 Å². The molecule has 0 spiro atoms. The Hall–Kier alpha value is -2.22. The van der Waals surface area contributed by atoms with Crippen molar-refractivity contribution in [3.8, 4) is 11.4 Å². The van der Waals surface area contributed by atoms with E-state index in [9.17, 15) is 9.70 Å². The van der Waals surface area contributed by atoms with Crippen LogP contribution >= 0.6 is 11.8 Å². The summed E-state index contributed by atoms with van der Waals surface area (Å²) in [6, 6.07) is 5.37. The van der Waals surface area contributed by atoms with E-state index in [4.69, 9.17) is 5.11 Å². The maximum absolute atomic E-state index is 11.4. The first-order valence-electron chi connectivity index (χ1n) is 5.76. The number of aromatic nitrogens is 3. The first-order chi connectivity index (χ1) is 9.47. The fraction of sp³-hybridized carbons (Fsp3) is 0.250. The number of aromatic amines is 1. The standard InChI is InChI=1S/C12H12N4O3S/c1-7-3-4-8(5-9(7)16(2)19)11-13-12(15-14-11)20-6-10(17)18/h3-5H,6H2,1-2H3,(H-,13,14,15,17,18)/p+1.